The lowest BCUT2D eigenvalue weighted by molar-refractivity contribution is 0.0960. The van der Waals surface area contributed by atoms with Crippen LogP contribution in [0.25, 0.3) is 11.2 Å². The van der Waals surface area contributed by atoms with Crippen LogP contribution in [-0.2, 0) is 11.8 Å². The van der Waals surface area contributed by atoms with Gasteiger partial charge < -0.3 is 10.6 Å². The van der Waals surface area contributed by atoms with Crippen molar-refractivity contribution in [1.82, 2.24) is 29.7 Å². The van der Waals surface area contributed by atoms with Gasteiger partial charge in [0.25, 0.3) is 5.91 Å². The number of aromatic nitrogens is 5. The fourth-order valence-electron chi connectivity index (χ4n) is 4.76. The molecule has 0 saturated carbocycles. The fourth-order valence-corrected chi connectivity index (χ4v) is 4.76. The number of aryl methyl sites for hydroxylation is 3. The van der Waals surface area contributed by atoms with Gasteiger partial charge in [0.05, 0.1) is 29.1 Å². The Morgan fingerprint density at radius 3 is 2.39 bits per heavy atom. The van der Waals surface area contributed by atoms with Crippen LogP contribution in [0.2, 0.25) is 0 Å². The number of nitrogens with one attached hydrogen (secondary N) is 2. The molecule has 9 nitrogen and oxygen atoms in total. The normalized spacial score (nSPS) is 11.6. The third-order valence-corrected chi connectivity index (χ3v) is 7.28. The smallest absolute Gasteiger partial charge is 0.252 e. The van der Waals surface area contributed by atoms with E-state index >= 15 is 0 Å². The highest BCUT2D eigenvalue weighted by Gasteiger charge is 2.23. The molecular formula is C32H35N7O2. The molecule has 210 valence electrons. The van der Waals surface area contributed by atoms with E-state index in [9.17, 15) is 9.59 Å². The molecule has 3 heterocycles. The number of Topliss-reactive ketones (excluding diaryl/α,β-unsaturated/α-hetero) is 1. The maximum atomic E-state index is 13.7. The molecule has 3 aromatic heterocycles. The number of rotatable bonds is 7. The molecule has 0 bridgehead atoms. The number of benzene rings is 2. The van der Waals surface area contributed by atoms with Crippen molar-refractivity contribution < 1.29 is 9.59 Å². The standard InChI is InChI=1S/C32H35N7O2/c1-19-8-12-23(13-9-19)39-24(16-28(37-39)32(4,5)6)15-27(40)22-11-10-20(2)26(14-22)36-30-29-21(3)25(31(41)33-7)17-38(29)35-18-34-30/h8-14,16-18H,15H2,1-7H3,(H,33,41)(H,34,35,36). The molecule has 0 atom stereocenters. The lowest BCUT2D eigenvalue weighted by Gasteiger charge is -2.14. The molecule has 41 heavy (non-hydrogen) atoms. The van der Waals surface area contributed by atoms with Gasteiger partial charge in [-0.25, -0.2) is 14.2 Å². The van der Waals surface area contributed by atoms with Crippen molar-refractivity contribution >= 4 is 28.7 Å². The topological polar surface area (TPSA) is 106 Å². The average molecular weight is 550 g/mol. The van der Waals surface area contributed by atoms with E-state index in [1.807, 2.05) is 74.0 Å². The van der Waals surface area contributed by atoms with Crippen molar-refractivity contribution in [2.24, 2.45) is 0 Å². The van der Waals surface area contributed by atoms with Crippen LogP contribution in [0.15, 0.2) is 61.1 Å². The molecule has 1 amide bonds. The maximum Gasteiger partial charge on any atom is 0.252 e. The van der Waals surface area contributed by atoms with Gasteiger partial charge >= 0.3 is 0 Å². The second-order valence-electron chi connectivity index (χ2n) is 11.4. The molecule has 0 unspecified atom stereocenters. The van der Waals surface area contributed by atoms with Crippen LogP contribution < -0.4 is 10.6 Å². The number of anilines is 2. The van der Waals surface area contributed by atoms with Gasteiger partial charge in [-0.2, -0.15) is 10.2 Å². The number of amides is 1. The summed E-state index contributed by atoms with van der Waals surface area (Å²) in [4.78, 5) is 30.5. The summed E-state index contributed by atoms with van der Waals surface area (Å²) in [5.41, 5.74) is 7.95. The van der Waals surface area contributed by atoms with Crippen LogP contribution in [-0.4, -0.2) is 43.1 Å². The number of carbonyl (C=O) groups excluding carboxylic acids is 2. The Bertz CT molecular complexity index is 1770. The minimum absolute atomic E-state index is 0.0182. The molecule has 5 aromatic rings. The van der Waals surface area contributed by atoms with Gasteiger partial charge in [-0.05, 0) is 56.2 Å². The molecule has 2 N–H and O–H groups in total. The number of fused-ring (bicyclic) bond motifs is 1. The number of nitrogens with zero attached hydrogens (tertiary/aromatic N) is 5. The molecule has 0 fully saturated rings. The van der Waals surface area contributed by atoms with Crippen molar-refractivity contribution in [3.63, 3.8) is 0 Å². The van der Waals surface area contributed by atoms with Gasteiger partial charge in [0.2, 0.25) is 0 Å². The van der Waals surface area contributed by atoms with Crippen molar-refractivity contribution in [2.75, 3.05) is 12.4 Å². The van der Waals surface area contributed by atoms with Crippen molar-refractivity contribution in [3.05, 3.63) is 100 Å². The van der Waals surface area contributed by atoms with Crippen molar-refractivity contribution in [1.29, 1.82) is 0 Å². The Hall–Kier alpha value is -4.79. The van der Waals surface area contributed by atoms with Crippen molar-refractivity contribution in [3.8, 4) is 5.69 Å². The first kappa shape index (κ1) is 27.8. The van der Waals surface area contributed by atoms with Crippen LogP contribution in [0.3, 0.4) is 0 Å². The van der Waals surface area contributed by atoms with Gasteiger partial charge in [0.15, 0.2) is 11.6 Å². The van der Waals surface area contributed by atoms with Crippen LogP contribution in [0, 0.1) is 20.8 Å². The second-order valence-corrected chi connectivity index (χ2v) is 11.4. The summed E-state index contributed by atoms with van der Waals surface area (Å²) < 4.78 is 3.51. The van der Waals surface area contributed by atoms with Crippen LogP contribution in [0.1, 0.15) is 69.6 Å². The molecule has 5 rings (SSSR count). The van der Waals surface area contributed by atoms with Crippen LogP contribution >= 0.6 is 0 Å². The third-order valence-electron chi connectivity index (χ3n) is 7.28. The molecule has 0 saturated heterocycles. The van der Waals surface area contributed by atoms with E-state index in [4.69, 9.17) is 5.10 Å². The van der Waals surface area contributed by atoms with E-state index in [0.717, 1.165) is 39.5 Å². The molecule has 0 aliphatic heterocycles. The van der Waals surface area contributed by atoms with Crippen LogP contribution in [0.4, 0.5) is 11.5 Å². The second kappa shape index (κ2) is 10.6. The van der Waals surface area contributed by atoms with E-state index in [2.05, 4.69) is 41.5 Å². The molecule has 0 spiro atoms. The van der Waals surface area contributed by atoms with Gasteiger partial charge in [0, 0.05) is 29.9 Å². The predicted octanol–water partition coefficient (Wildman–Crippen LogP) is 5.67. The Balaban J connectivity index is 1.47. The summed E-state index contributed by atoms with van der Waals surface area (Å²) in [6.45, 7) is 12.2. The summed E-state index contributed by atoms with van der Waals surface area (Å²) >= 11 is 0. The first-order valence-electron chi connectivity index (χ1n) is 13.6. The predicted molar refractivity (Wildman–Crippen MR) is 161 cm³/mol. The largest absolute Gasteiger partial charge is 0.355 e. The summed E-state index contributed by atoms with van der Waals surface area (Å²) in [6.07, 6.45) is 3.32. The highest BCUT2D eigenvalue weighted by atomic mass is 16.1. The lowest BCUT2D eigenvalue weighted by atomic mass is 9.92. The van der Waals surface area contributed by atoms with E-state index < -0.39 is 0 Å². The van der Waals surface area contributed by atoms with Gasteiger partial charge in [-0.1, -0.05) is 50.6 Å². The van der Waals surface area contributed by atoms with Crippen LogP contribution in [0.5, 0.6) is 0 Å². The van der Waals surface area contributed by atoms with Gasteiger partial charge in [0.1, 0.15) is 11.8 Å². The molecule has 9 heteroatoms. The molecule has 0 aliphatic rings. The van der Waals surface area contributed by atoms with E-state index in [1.165, 1.54) is 6.33 Å². The summed E-state index contributed by atoms with van der Waals surface area (Å²) in [7, 11) is 1.60. The number of carbonyl (C=O) groups is 2. The Morgan fingerprint density at radius 2 is 1.71 bits per heavy atom. The number of hydrogen-bond acceptors (Lipinski definition) is 6. The highest BCUT2D eigenvalue weighted by Crippen LogP contribution is 2.29. The SMILES string of the molecule is CNC(=O)c1cn2ncnc(Nc3cc(C(=O)Cc4cc(C(C)(C)C)nn4-c4ccc(C)cc4)ccc3C)c2c1C. The minimum atomic E-state index is -0.192. The molecule has 0 radical (unpaired) electrons. The molecule has 0 aliphatic carbocycles. The third kappa shape index (κ3) is 5.48. The lowest BCUT2D eigenvalue weighted by Crippen LogP contribution is -2.17. The minimum Gasteiger partial charge on any atom is -0.355 e. The Kier molecular flexibility index (Phi) is 7.21. The zero-order chi connectivity index (χ0) is 29.5. The first-order chi connectivity index (χ1) is 19.5. The highest BCUT2D eigenvalue weighted by molar-refractivity contribution is 6.00. The maximum absolute atomic E-state index is 13.7. The summed E-state index contributed by atoms with van der Waals surface area (Å²) in [6, 6.07) is 15.8. The fraction of sp³-hybridized carbons (Fsp3) is 0.281. The van der Waals surface area contributed by atoms with Gasteiger partial charge in [-0.15, -0.1) is 0 Å². The van der Waals surface area contributed by atoms with Crippen molar-refractivity contribution in [2.45, 2.75) is 53.4 Å². The Labute approximate surface area is 239 Å². The summed E-state index contributed by atoms with van der Waals surface area (Å²) in [5, 5.41) is 15.2. The van der Waals surface area contributed by atoms with Gasteiger partial charge in [-0.3, -0.25) is 9.59 Å². The average Bonchev–Trinajstić information content (AvgIpc) is 3.52. The monoisotopic (exact) mass is 549 g/mol. The number of hydrogen-bond donors (Lipinski definition) is 2. The Morgan fingerprint density at radius 1 is 0.976 bits per heavy atom. The summed E-state index contributed by atoms with van der Waals surface area (Å²) in [5.74, 6) is 0.338. The zero-order valence-corrected chi connectivity index (χ0v) is 24.5. The van der Waals surface area contributed by atoms with E-state index in [1.54, 1.807) is 17.8 Å². The number of ketones is 1. The quantitative estimate of drug-likeness (QED) is 0.254. The molecule has 2 aromatic carbocycles. The first-order valence-corrected chi connectivity index (χ1v) is 13.6. The zero-order valence-electron chi connectivity index (χ0n) is 24.5. The van der Waals surface area contributed by atoms with E-state index in [0.29, 0.717) is 22.5 Å². The van der Waals surface area contributed by atoms with E-state index in [-0.39, 0.29) is 23.5 Å². The molecular weight excluding hydrogens is 514 g/mol.